The van der Waals surface area contributed by atoms with Crippen molar-refractivity contribution in [2.45, 2.75) is 86.5 Å². The molecule has 0 aromatic carbocycles. The van der Waals surface area contributed by atoms with Crippen LogP contribution >= 0.6 is 0 Å². The molecule has 23 heavy (non-hydrogen) atoms. The van der Waals surface area contributed by atoms with Crippen LogP contribution in [0.2, 0.25) is 0 Å². The first-order valence-corrected chi connectivity index (χ1v) is 9.33. The highest BCUT2D eigenvalue weighted by atomic mass is 16.2. The number of amides is 1. The number of rotatable bonds is 6. The summed E-state index contributed by atoms with van der Waals surface area (Å²) in [5.74, 6) is 1.36. The number of likely N-dealkylation sites (tertiary alicyclic amines) is 1. The molecule has 0 N–H and O–H groups in total. The Hall–Kier alpha value is -0.860. The normalized spacial score (nSPS) is 17.4. The van der Waals surface area contributed by atoms with Crippen molar-refractivity contribution >= 4 is 11.7 Å². The lowest BCUT2D eigenvalue weighted by Gasteiger charge is -2.38. The van der Waals surface area contributed by atoms with E-state index in [0.29, 0.717) is 29.9 Å². The Morgan fingerprint density at radius 2 is 1.39 bits per heavy atom. The van der Waals surface area contributed by atoms with Gasteiger partial charge in [0.15, 0.2) is 0 Å². The summed E-state index contributed by atoms with van der Waals surface area (Å²) in [4.78, 5) is 26.2. The SMILES string of the molecule is CC(C)(C)C(=O)CCCCCC(=O)N1CCC(C(C)(C)C)CC1. The molecule has 0 aromatic heterocycles. The molecule has 0 spiro atoms. The van der Waals surface area contributed by atoms with Gasteiger partial charge in [0.25, 0.3) is 0 Å². The van der Waals surface area contributed by atoms with E-state index in [1.807, 2.05) is 25.7 Å². The van der Waals surface area contributed by atoms with E-state index in [2.05, 4.69) is 20.8 Å². The molecule has 3 nitrogen and oxygen atoms in total. The van der Waals surface area contributed by atoms with Gasteiger partial charge < -0.3 is 4.90 Å². The summed E-state index contributed by atoms with van der Waals surface area (Å²) in [5.41, 5.74) is 0.127. The number of carbonyl (C=O) groups is 2. The first kappa shape index (κ1) is 20.2. The lowest BCUT2D eigenvalue weighted by molar-refractivity contribution is -0.133. The third-order valence-corrected chi connectivity index (χ3v) is 5.20. The zero-order chi connectivity index (χ0) is 17.7. The summed E-state index contributed by atoms with van der Waals surface area (Å²) < 4.78 is 0. The molecular weight excluding hydrogens is 286 g/mol. The summed E-state index contributed by atoms with van der Waals surface area (Å²) in [7, 11) is 0. The predicted molar refractivity (Wildman–Crippen MR) is 96.3 cm³/mol. The van der Waals surface area contributed by atoms with Gasteiger partial charge in [0.1, 0.15) is 5.78 Å². The van der Waals surface area contributed by atoms with Gasteiger partial charge in [0.05, 0.1) is 0 Å². The van der Waals surface area contributed by atoms with E-state index in [4.69, 9.17) is 0 Å². The number of hydrogen-bond donors (Lipinski definition) is 0. The maximum absolute atomic E-state index is 12.3. The Bertz CT molecular complexity index is 393. The number of nitrogens with zero attached hydrogens (tertiary/aromatic N) is 1. The standard InChI is InChI=1S/C20H37NO2/c1-19(2,3)16-12-14-21(15-13-16)18(23)11-9-7-8-10-17(22)20(4,5)6/h16H,7-15H2,1-6H3. The molecule has 1 amide bonds. The molecule has 1 saturated heterocycles. The Morgan fingerprint density at radius 1 is 0.870 bits per heavy atom. The number of piperidine rings is 1. The smallest absolute Gasteiger partial charge is 0.222 e. The molecule has 1 aliphatic rings. The molecule has 134 valence electrons. The van der Waals surface area contributed by atoms with Crippen LogP contribution in [0.4, 0.5) is 0 Å². The second kappa shape index (κ2) is 8.30. The van der Waals surface area contributed by atoms with Gasteiger partial charge in [-0.05, 0) is 37.0 Å². The lowest BCUT2D eigenvalue weighted by atomic mass is 9.75. The van der Waals surface area contributed by atoms with Gasteiger partial charge in [-0.1, -0.05) is 48.0 Å². The number of ketones is 1. The van der Waals surface area contributed by atoms with Crippen LogP contribution in [0.5, 0.6) is 0 Å². The molecule has 0 aromatic rings. The van der Waals surface area contributed by atoms with Gasteiger partial charge in [-0.25, -0.2) is 0 Å². The minimum absolute atomic E-state index is 0.229. The van der Waals surface area contributed by atoms with Crippen molar-refractivity contribution in [2.75, 3.05) is 13.1 Å². The van der Waals surface area contributed by atoms with Gasteiger partial charge in [0, 0.05) is 31.3 Å². The van der Waals surface area contributed by atoms with Crippen LogP contribution in [-0.2, 0) is 9.59 Å². The lowest BCUT2D eigenvalue weighted by Crippen LogP contribution is -2.41. The molecule has 0 aliphatic carbocycles. The van der Waals surface area contributed by atoms with Crippen LogP contribution in [-0.4, -0.2) is 29.7 Å². The number of unbranched alkanes of at least 4 members (excludes halogenated alkanes) is 2. The van der Waals surface area contributed by atoms with Crippen molar-refractivity contribution in [3.8, 4) is 0 Å². The highest BCUT2D eigenvalue weighted by molar-refractivity contribution is 5.83. The Labute approximate surface area is 143 Å². The molecule has 1 heterocycles. The fourth-order valence-corrected chi connectivity index (χ4v) is 3.27. The largest absolute Gasteiger partial charge is 0.343 e. The number of Topliss-reactive ketones (excluding diaryl/α,β-unsaturated/α-hetero) is 1. The fourth-order valence-electron chi connectivity index (χ4n) is 3.27. The third kappa shape index (κ3) is 7.05. The van der Waals surface area contributed by atoms with E-state index in [1.54, 1.807) is 0 Å². The van der Waals surface area contributed by atoms with Gasteiger partial charge in [0.2, 0.25) is 5.91 Å². The van der Waals surface area contributed by atoms with Crippen LogP contribution in [0.1, 0.15) is 86.5 Å². The van der Waals surface area contributed by atoms with Crippen molar-refractivity contribution in [1.82, 2.24) is 4.90 Å². The van der Waals surface area contributed by atoms with E-state index in [-0.39, 0.29) is 5.41 Å². The van der Waals surface area contributed by atoms with E-state index in [0.717, 1.165) is 51.1 Å². The van der Waals surface area contributed by atoms with Crippen molar-refractivity contribution < 1.29 is 9.59 Å². The molecule has 0 saturated carbocycles. The highest BCUT2D eigenvalue weighted by Gasteiger charge is 2.30. The van der Waals surface area contributed by atoms with Crippen LogP contribution < -0.4 is 0 Å². The van der Waals surface area contributed by atoms with Crippen molar-refractivity contribution in [1.29, 1.82) is 0 Å². The Kier molecular flexibility index (Phi) is 7.29. The molecule has 0 bridgehead atoms. The minimum Gasteiger partial charge on any atom is -0.343 e. The summed E-state index contributed by atoms with van der Waals surface area (Å²) >= 11 is 0. The fraction of sp³-hybridized carbons (Fsp3) is 0.900. The van der Waals surface area contributed by atoms with Gasteiger partial charge >= 0.3 is 0 Å². The molecule has 1 aliphatic heterocycles. The summed E-state index contributed by atoms with van der Waals surface area (Å²) in [6.45, 7) is 14.7. The molecule has 1 rings (SSSR count). The first-order valence-electron chi connectivity index (χ1n) is 9.33. The highest BCUT2D eigenvalue weighted by Crippen LogP contribution is 2.34. The quantitative estimate of drug-likeness (QED) is 0.656. The van der Waals surface area contributed by atoms with E-state index in [9.17, 15) is 9.59 Å². The third-order valence-electron chi connectivity index (χ3n) is 5.20. The van der Waals surface area contributed by atoms with Gasteiger partial charge in [-0.15, -0.1) is 0 Å². The summed E-state index contributed by atoms with van der Waals surface area (Å²) in [5, 5.41) is 0. The number of carbonyl (C=O) groups excluding carboxylic acids is 2. The van der Waals surface area contributed by atoms with E-state index in [1.165, 1.54) is 0 Å². The molecule has 1 fully saturated rings. The van der Waals surface area contributed by atoms with E-state index >= 15 is 0 Å². The van der Waals surface area contributed by atoms with Crippen LogP contribution in [0.15, 0.2) is 0 Å². The molecule has 0 unspecified atom stereocenters. The van der Waals surface area contributed by atoms with Crippen molar-refractivity contribution in [3.05, 3.63) is 0 Å². The van der Waals surface area contributed by atoms with Crippen molar-refractivity contribution in [2.24, 2.45) is 16.7 Å². The monoisotopic (exact) mass is 323 g/mol. The van der Waals surface area contributed by atoms with Gasteiger partial charge in [-0.2, -0.15) is 0 Å². The topological polar surface area (TPSA) is 37.4 Å². The molecule has 3 heteroatoms. The second-order valence-corrected chi connectivity index (χ2v) is 9.25. The van der Waals surface area contributed by atoms with Gasteiger partial charge in [-0.3, -0.25) is 9.59 Å². The molecular formula is C20H37NO2. The minimum atomic E-state index is -0.229. The van der Waals surface area contributed by atoms with E-state index < -0.39 is 0 Å². The maximum Gasteiger partial charge on any atom is 0.222 e. The molecule has 0 radical (unpaired) electrons. The van der Waals surface area contributed by atoms with Crippen molar-refractivity contribution in [3.63, 3.8) is 0 Å². The summed E-state index contributed by atoms with van der Waals surface area (Å²) in [6.07, 6.45) is 6.36. The number of hydrogen-bond acceptors (Lipinski definition) is 2. The summed E-state index contributed by atoms with van der Waals surface area (Å²) in [6, 6.07) is 0. The first-order chi connectivity index (χ1) is 10.5. The molecule has 0 atom stereocenters. The zero-order valence-corrected chi connectivity index (χ0v) is 16.2. The van der Waals surface area contributed by atoms with Crippen LogP contribution in [0, 0.1) is 16.7 Å². The maximum atomic E-state index is 12.3. The Balaban J connectivity index is 2.17. The van der Waals surface area contributed by atoms with Crippen LogP contribution in [0.3, 0.4) is 0 Å². The average Bonchev–Trinajstić information content (AvgIpc) is 2.44. The van der Waals surface area contributed by atoms with Crippen LogP contribution in [0.25, 0.3) is 0 Å². The Morgan fingerprint density at radius 3 is 1.87 bits per heavy atom. The average molecular weight is 324 g/mol. The zero-order valence-electron chi connectivity index (χ0n) is 16.2. The second-order valence-electron chi connectivity index (χ2n) is 9.25. The predicted octanol–water partition coefficient (Wildman–Crippen LogP) is 4.84.